The molecule has 0 saturated carbocycles. The second kappa shape index (κ2) is 12.2. The van der Waals surface area contributed by atoms with Gasteiger partial charge in [-0.25, -0.2) is 0 Å². The van der Waals surface area contributed by atoms with Gasteiger partial charge in [0, 0.05) is 5.75 Å². The Hall–Kier alpha value is -2.95. The minimum atomic E-state index is -0.313. The Morgan fingerprint density at radius 2 is 1.09 bits per heavy atom. The molecule has 0 fully saturated rings. The van der Waals surface area contributed by atoms with Gasteiger partial charge in [-0.15, -0.1) is 11.8 Å². The molecule has 32 heavy (non-hydrogen) atoms. The summed E-state index contributed by atoms with van der Waals surface area (Å²) in [5.41, 5.74) is 5.61. The van der Waals surface area contributed by atoms with Crippen molar-refractivity contribution in [3.8, 4) is 0 Å². The molecule has 4 heteroatoms. The summed E-state index contributed by atoms with van der Waals surface area (Å²) in [4.78, 5) is 0. The van der Waals surface area contributed by atoms with Crippen LogP contribution in [0.15, 0.2) is 115 Å². The topological polar surface area (TPSA) is 37.3 Å². The number of hydrogen-bond acceptors (Lipinski definition) is 3. The van der Waals surface area contributed by atoms with E-state index in [0.717, 1.165) is 12.6 Å². The van der Waals surface area contributed by atoms with E-state index in [-0.39, 0.29) is 11.4 Å². The van der Waals surface area contributed by atoms with Gasteiger partial charge in [0.05, 0.1) is 11.4 Å². The molecule has 0 atom stereocenters. The molecule has 160 valence electrons. The number of hydrogen-bond donors (Lipinski definition) is 1. The van der Waals surface area contributed by atoms with Crippen molar-refractivity contribution >= 4 is 24.4 Å². The fraction of sp³-hybridized carbons (Fsp3) is 0.143. The van der Waals surface area contributed by atoms with E-state index in [1.807, 2.05) is 49.4 Å². The zero-order valence-corrected chi connectivity index (χ0v) is 19.0. The normalized spacial score (nSPS) is 10.6. The Morgan fingerprint density at radius 3 is 1.44 bits per heavy atom. The summed E-state index contributed by atoms with van der Waals surface area (Å²) in [5.74, 6) is 0.679. The average Bonchev–Trinajstić information content (AvgIpc) is 2.87. The molecule has 4 rings (SSSR count). The summed E-state index contributed by atoms with van der Waals surface area (Å²) in [6.45, 7) is 2.16. The van der Waals surface area contributed by atoms with Crippen molar-refractivity contribution in [2.45, 2.75) is 11.7 Å². The molecule has 0 bridgehead atoms. The smallest absolute Gasteiger partial charge is 0.0907 e. The Balaban J connectivity index is 0.000000269. The van der Waals surface area contributed by atoms with Crippen molar-refractivity contribution < 1.29 is 9.81 Å². The van der Waals surface area contributed by atoms with Gasteiger partial charge < -0.3 is 5.11 Å². The van der Waals surface area contributed by atoms with Gasteiger partial charge in [-0.1, -0.05) is 91.0 Å². The second-order valence-electron chi connectivity index (χ2n) is 7.38. The van der Waals surface area contributed by atoms with Gasteiger partial charge in [-0.05, 0) is 16.7 Å². The zero-order valence-electron chi connectivity index (χ0n) is 18.2. The summed E-state index contributed by atoms with van der Waals surface area (Å²) in [7, 11) is 0.847. The number of benzene rings is 4. The third-order valence-electron chi connectivity index (χ3n) is 5.16. The van der Waals surface area contributed by atoms with Gasteiger partial charge in [0.15, 0.2) is 0 Å². The van der Waals surface area contributed by atoms with E-state index in [2.05, 4.69) is 72.8 Å². The summed E-state index contributed by atoms with van der Waals surface area (Å²) < 4.78 is 9.80. The van der Waals surface area contributed by atoms with Crippen LogP contribution in [0.1, 0.15) is 22.3 Å². The summed E-state index contributed by atoms with van der Waals surface area (Å²) in [6.07, 6.45) is 0. The molecule has 2 nitrogen and oxygen atoms in total. The summed E-state index contributed by atoms with van der Waals surface area (Å²) in [5, 5.41) is 9.45. The van der Waals surface area contributed by atoms with Crippen LogP contribution in [-0.4, -0.2) is 24.6 Å². The van der Waals surface area contributed by atoms with E-state index < -0.39 is 0 Å². The molecule has 0 aliphatic heterocycles. The van der Waals surface area contributed by atoms with Crippen LogP contribution in [0.3, 0.4) is 0 Å². The van der Waals surface area contributed by atoms with Gasteiger partial charge >= 0.3 is 54.1 Å². The molecule has 0 aromatic heterocycles. The number of aliphatic hydroxyl groups excluding tert-OH is 1. The summed E-state index contributed by atoms with van der Waals surface area (Å²) in [6, 6.07) is 39.1. The van der Waals surface area contributed by atoms with Crippen LogP contribution in [0, 0.1) is 6.92 Å². The van der Waals surface area contributed by atoms with Gasteiger partial charge in [0.1, 0.15) is 0 Å². The van der Waals surface area contributed by atoms with Crippen molar-refractivity contribution in [2.75, 3.05) is 12.4 Å². The van der Waals surface area contributed by atoms with Gasteiger partial charge in [0.2, 0.25) is 0 Å². The van der Waals surface area contributed by atoms with Crippen molar-refractivity contribution in [3.05, 3.63) is 138 Å². The molecule has 0 saturated heterocycles. The third-order valence-corrected chi connectivity index (χ3v) is 6.69. The first-order chi connectivity index (χ1) is 15.7. The standard InChI is InChI=1S/C21H20OS.C7H7BO/c22-16-17-23-21(18-10-4-1-5-11-18,19-12-6-2-7-13-19)20-14-8-3-9-15-20;1-6-2-4-7(8-9)5-3-6/h1-15,22H,16-17H2;2-5H,1H3. The first-order valence-corrected chi connectivity index (χ1v) is 11.6. The fourth-order valence-corrected chi connectivity index (χ4v) is 4.92. The fourth-order valence-electron chi connectivity index (χ4n) is 3.61. The van der Waals surface area contributed by atoms with E-state index in [1.54, 1.807) is 11.8 Å². The van der Waals surface area contributed by atoms with E-state index in [1.165, 1.54) is 22.3 Å². The minimum Gasteiger partial charge on any atom is -0.396 e. The largest absolute Gasteiger partial charge is 0.396 e. The first-order valence-electron chi connectivity index (χ1n) is 10.6. The van der Waals surface area contributed by atoms with E-state index in [9.17, 15) is 9.81 Å². The molecular formula is C28H27BO2S. The van der Waals surface area contributed by atoms with Crippen LogP contribution >= 0.6 is 11.8 Å². The van der Waals surface area contributed by atoms with Crippen LogP contribution < -0.4 is 5.46 Å². The molecule has 0 aliphatic rings. The average molecular weight is 438 g/mol. The monoisotopic (exact) mass is 438 g/mol. The molecule has 4 aromatic carbocycles. The van der Waals surface area contributed by atoms with E-state index in [0.29, 0.717) is 5.75 Å². The molecule has 0 radical (unpaired) electrons. The number of rotatable bonds is 7. The maximum atomic E-state index is 10.1. The zero-order chi connectivity index (χ0) is 22.7. The molecule has 0 heterocycles. The Bertz CT molecular complexity index is 972. The first kappa shape index (κ1) is 23.7. The van der Waals surface area contributed by atoms with Crippen molar-refractivity contribution in [2.24, 2.45) is 0 Å². The number of thioether (sulfide) groups is 1. The SMILES string of the molecule is Cc1ccc(B=O)cc1.OCCSC(c1ccccc1)(c1ccccc1)c1ccccc1. The molecular weight excluding hydrogens is 411 g/mol. The molecule has 1 N–H and O–H groups in total. The molecule has 0 amide bonds. The summed E-state index contributed by atoms with van der Waals surface area (Å²) >= 11 is 1.78. The molecule has 0 aliphatic carbocycles. The van der Waals surface area contributed by atoms with Crippen LogP contribution in [-0.2, 0) is 9.45 Å². The van der Waals surface area contributed by atoms with Crippen molar-refractivity contribution in [1.29, 1.82) is 0 Å². The van der Waals surface area contributed by atoms with Gasteiger partial charge in [0.25, 0.3) is 0 Å². The van der Waals surface area contributed by atoms with E-state index in [4.69, 9.17) is 0 Å². The maximum Gasteiger partial charge on any atom is 0.0907 e. The molecule has 4 aromatic rings. The molecule has 0 unspecified atom stereocenters. The minimum absolute atomic E-state index is 0.166. The maximum absolute atomic E-state index is 10.1. The number of aryl methyl sites for hydroxylation is 1. The van der Waals surface area contributed by atoms with Gasteiger partial charge in [-0.2, -0.15) is 0 Å². The van der Waals surface area contributed by atoms with Crippen LogP contribution in [0.5, 0.6) is 0 Å². The Morgan fingerprint density at radius 1 is 0.688 bits per heavy atom. The van der Waals surface area contributed by atoms with Crippen molar-refractivity contribution in [1.82, 2.24) is 0 Å². The Labute approximate surface area is 195 Å². The van der Waals surface area contributed by atoms with Crippen LogP contribution in [0.25, 0.3) is 0 Å². The third kappa shape index (κ3) is 5.85. The van der Waals surface area contributed by atoms with E-state index >= 15 is 0 Å². The second-order valence-corrected chi connectivity index (χ2v) is 8.69. The predicted octanol–water partition coefficient (Wildman–Crippen LogP) is 5.37. The predicted molar refractivity (Wildman–Crippen MR) is 136 cm³/mol. The quantitative estimate of drug-likeness (QED) is 0.311. The Kier molecular flexibility index (Phi) is 9.03. The molecule has 0 spiro atoms. The van der Waals surface area contributed by atoms with Crippen LogP contribution in [0.2, 0.25) is 0 Å². The van der Waals surface area contributed by atoms with Crippen molar-refractivity contribution in [3.63, 3.8) is 0 Å². The number of aliphatic hydroxyl groups is 1. The van der Waals surface area contributed by atoms with Gasteiger partial charge in [-0.3, -0.25) is 0 Å². The van der Waals surface area contributed by atoms with Crippen LogP contribution in [0.4, 0.5) is 0 Å².